The van der Waals surface area contributed by atoms with Gasteiger partial charge in [0.2, 0.25) is 10.0 Å². The van der Waals surface area contributed by atoms with E-state index in [0.29, 0.717) is 55.6 Å². The van der Waals surface area contributed by atoms with Crippen molar-refractivity contribution in [3.8, 4) is 0 Å². The van der Waals surface area contributed by atoms with Crippen LogP contribution in [0.3, 0.4) is 0 Å². The number of carboxylic acids is 1. The Morgan fingerprint density at radius 3 is 1.99 bits per heavy atom. The number of aliphatic hydroxyl groups excluding tert-OH is 5. The third-order valence-electron chi connectivity index (χ3n) is 12.4. The molecule has 0 unspecified atom stereocenters. The number of aliphatic hydroxyl groups is 5. The molecule has 6 rings (SSSR count). The predicted molar refractivity (Wildman–Crippen MR) is 249 cm³/mol. The summed E-state index contributed by atoms with van der Waals surface area (Å²) in [6.07, 6.45) is -0.945. The summed E-state index contributed by atoms with van der Waals surface area (Å²) in [5, 5.41) is 65.9. The number of carbonyl (C=O) groups is 4. The molecule has 1 saturated carbocycles. The molecule has 1 saturated heterocycles. The van der Waals surface area contributed by atoms with Gasteiger partial charge in [-0.05, 0) is 124 Å². The molecular weight excluding hydrogens is 885 g/mol. The highest BCUT2D eigenvalue weighted by Crippen LogP contribution is 2.32. The summed E-state index contributed by atoms with van der Waals surface area (Å²) in [4.78, 5) is 58.7. The van der Waals surface area contributed by atoms with Crippen LogP contribution >= 0.6 is 0 Å². The first kappa shape index (κ1) is 50.6. The minimum Gasteiger partial charge on any atom is -0.481 e. The largest absolute Gasteiger partial charge is 0.481 e. The highest BCUT2D eigenvalue weighted by Gasteiger charge is 2.35. The van der Waals surface area contributed by atoms with Crippen molar-refractivity contribution in [1.82, 2.24) is 14.6 Å². The van der Waals surface area contributed by atoms with Crippen LogP contribution in [0.5, 0.6) is 0 Å². The standard InChI is InChI=1S/C48H60N6O12S/c1-2-54(36-21-17-33(18-22-36)48(63)64)67(65,66)37-8-6-7-34(27-37)46(61)51-38-23-24-41(53-25-4-3-5-26-53)52-42(38)47(62)50-35-19-13-31(14-20-35)10-9-30-11-15-32(16-12-30)45(60)49-28-39(56)43(58)44(59)40(57)29-55/h6-8,11-16,19-20,23-24,27,33,36,39-40,43-44,55-59H,2-5,9-10,17-18,21-22,25-26,28-29H2,1H3,(H,49,60)(H,50,62)(H,51,61)(H,63,64)/t33?,36?,39-,40+,43+,44+/m0/s1. The Labute approximate surface area is 389 Å². The zero-order chi connectivity index (χ0) is 48.3. The topological polar surface area (TPSA) is 279 Å². The Kier molecular flexibility index (Phi) is 17.6. The Bertz CT molecular complexity index is 2440. The third kappa shape index (κ3) is 13.0. The molecule has 67 heavy (non-hydrogen) atoms. The highest BCUT2D eigenvalue weighted by atomic mass is 32.2. The SMILES string of the molecule is CCN(C1CCC(C(=O)O)CC1)S(=O)(=O)c1cccc(C(=O)Nc2ccc(N3CCCCC3)nc2C(=O)Nc2ccc(CCc3ccc(C(=O)NC[C@H](O)[C@@H](O)[C@H](O)[C@H](O)CO)cc3)cc2)c1. The number of sulfonamides is 1. The number of benzene rings is 3. The molecule has 9 N–H and O–H groups in total. The van der Waals surface area contributed by atoms with Gasteiger partial charge in [-0.25, -0.2) is 13.4 Å². The molecular formula is C48H60N6O12S. The maximum atomic E-state index is 14.0. The number of aryl methyl sites for hydroxylation is 2. The number of aromatic nitrogens is 1. The fraction of sp³-hybridized carbons (Fsp3) is 0.438. The zero-order valence-corrected chi connectivity index (χ0v) is 38.1. The lowest BCUT2D eigenvalue weighted by atomic mass is 9.86. The summed E-state index contributed by atoms with van der Waals surface area (Å²) in [6.45, 7) is 2.22. The molecule has 0 radical (unpaired) electrons. The van der Waals surface area contributed by atoms with E-state index in [9.17, 15) is 53.1 Å². The molecule has 2 fully saturated rings. The summed E-state index contributed by atoms with van der Waals surface area (Å²) in [6, 6.07) is 22.8. The van der Waals surface area contributed by atoms with E-state index < -0.39 is 77.2 Å². The lowest BCUT2D eigenvalue weighted by molar-refractivity contribution is -0.143. The normalized spacial score (nSPS) is 18.3. The Morgan fingerprint density at radius 2 is 1.37 bits per heavy atom. The molecule has 0 spiro atoms. The van der Waals surface area contributed by atoms with Gasteiger partial charge in [0.1, 0.15) is 24.1 Å². The number of carboxylic acid groups (broad SMARTS) is 1. The number of piperidine rings is 1. The van der Waals surface area contributed by atoms with Crippen LogP contribution in [0.2, 0.25) is 0 Å². The first-order valence-electron chi connectivity index (χ1n) is 22.6. The van der Waals surface area contributed by atoms with Gasteiger partial charge < -0.3 is 51.5 Å². The number of nitrogens with one attached hydrogen (secondary N) is 3. The summed E-state index contributed by atoms with van der Waals surface area (Å²) in [5.74, 6) is -2.53. The molecule has 360 valence electrons. The van der Waals surface area contributed by atoms with Gasteiger partial charge in [-0.15, -0.1) is 0 Å². The van der Waals surface area contributed by atoms with E-state index in [-0.39, 0.29) is 34.4 Å². The second-order valence-electron chi connectivity index (χ2n) is 17.0. The average molecular weight is 945 g/mol. The Morgan fingerprint density at radius 1 is 0.746 bits per heavy atom. The van der Waals surface area contributed by atoms with Crippen molar-refractivity contribution in [2.24, 2.45) is 5.92 Å². The summed E-state index contributed by atoms with van der Waals surface area (Å²) in [5.41, 5.74) is 2.85. The number of pyridine rings is 1. The van der Waals surface area contributed by atoms with Crippen molar-refractivity contribution in [3.63, 3.8) is 0 Å². The molecule has 3 amide bonds. The van der Waals surface area contributed by atoms with E-state index in [2.05, 4.69) is 20.9 Å². The molecule has 1 aromatic heterocycles. The van der Waals surface area contributed by atoms with Crippen molar-refractivity contribution in [3.05, 3.63) is 113 Å². The van der Waals surface area contributed by atoms with Crippen LogP contribution in [-0.2, 0) is 27.7 Å². The second-order valence-corrected chi connectivity index (χ2v) is 18.9. The van der Waals surface area contributed by atoms with Gasteiger partial charge in [0.05, 0.1) is 29.2 Å². The van der Waals surface area contributed by atoms with Crippen LogP contribution in [0.15, 0.2) is 89.8 Å². The number of aliphatic carboxylic acids is 1. The first-order chi connectivity index (χ1) is 32.1. The molecule has 1 aliphatic carbocycles. The van der Waals surface area contributed by atoms with E-state index in [4.69, 9.17) is 10.1 Å². The minimum atomic E-state index is -4.05. The molecule has 18 nitrogen and oxygen atoms in total. The van der Waals surface area contributed by atoms with Crippen molar-refractivity contribution >= 4 is 50.9 Å². The lowest BCUT2D eigenvalue weighted by Crippen LogP contribution is -2.49. The van der Waals surface area contributed by atoms with Gasteiger partial charge in [0, 0.05) is 49.0 Å². The van der Waals surface area contributed by atoms with Crippen LogP contribution in [0.25, 0.3) is 0 Å². The smallest absolute Gasteiger partial charge is 0.306 e. The van der Waals surface area contributed by atoms with E-state index in [1.165, 1.54) is 28.6 Å². The van der Waals surface area contributed by atoms with Crippen LogP contribution in [-0.4, -0.2) is 135 Å². The maximum Gasteiger partial charge on any atom is 0.306 e. The second kappa shape index (κ2) is 23.3. The average Bonchev–Trinajstić information content (AvgIpc) is 3.35. The summed E-state index contributed by atoms with van der Waals surface area (Å²) < 4.78 is 29.2. The van der Waals surface area contributed by atoms with Crippen molar-refractivity contribution in [2.45, 2.75) is 100 Å². The van der Waals surface area contributed by atoms with Crippen LogP contribution in [0.1, 0.15) is 94.2 Å². The highest BCUT2D eigenvalue weighted by molar-refractivity contribution is 7.89. The summed E-state index contributed by atoms with van der Waals surface area (Å²) in [7, 11) is -4.05. The van der Waals surface area contributed by atoms with E-state index >= 15 is 0 Å². The van der Waals surface area contributed by atoms with Crippen molar-refractivity contribution < 1.29 is 58.2 Å². The molecule has 2 aliphatic rings. The number of anilines is 3. The third-order valence-corrected chi connectivity index (χ3v) is 14.4. The number of rotatable bonds is 20. The van der Waals surface area contributed by atoms with Gasteiger partial charge in [-0.2, -0.15) is 4.31 Å². The van der Waals surface area contributed by atoms with E-state index in [0.717, 1.165) is 43.5 Å². The Hall–Kier alpha value is -5.80. The molecule has 1 aliphatic heterocycles. The van der Waals surface area contributed by atoms with Crippen LogP contribution in [0, 0.1) is 5.92 Å². The van der Waals surface area contributed by atoms with Gasteiger partial charge >= 0.3 is 5.97 Å². The Balaban J connectivity index is 1.09. The number of nitrogens with zero attached hydrogens (tertiary/aromatic N) is 3. The van der Waals surface area contributed by atoms with Crippen molar-refractivity contribution in [1.29, 1.82) is 0 Å². The molecule has 2 heterocycles. The van der Waals surface area contributed by atoms with E-state index in [1.54, 1.807) is 55.5 Å². The lowest BCUT2D eigenvalue weighted by Gasteiger charge is -2.34. The van der Waals surface area contributed by atoms with E-state index in [1.807, 2.05) is 12.1 Å². The zero-order valence-electron chi connectivity index (χ0n) is 37.3. The number of carbonyl (C=O) groups excluding carboxylic acids is 3. The first-order valence-corrected chi connectivity index (χ1v) is 24.1. The minimum absolute atomic E-state index is 0.0269. The molecule has 19 heteroatoms. The van der Waals surface area contributed by atoms with Crippen LogP contribution in [0.4, 0.5) is 17.2 Å². The fourth-order valence-electron chi connectivity index (χ4n) is 8.42. The molecule has 0 bridgehead atoms. The monoisotopic (exact) mass is 944 g/mol. The molecule has 4 aromatic rings. The molecule has 3 aromatic carbocycles. The van der Waals surface area contributed by atoms with Crippen molar-refractivity contribution in [2.75, 3.05) is 48.3 Å². The van der Waals surface area contributed by atoms with Crippen LogP contribution < -0.4 is 20.9 Å². The van der Waals surface area contributed by atoms with Gasteiger partial charge in [0.15, 0.2) is 5.69 Å². The fourth-order valence-corrected chi connectivity index (χ4v) is 10.2. The maximum absolute atomic E-state index is 14.0. The van der Waals surface area contributed by atoms with Gasteiger partial charge in [0.25, 0.3) is 17.7 Å². The van der Waals surface area contributed by atoms with Gasteiger partial charge in [-0.3, -0.25) is 19.2 Å². The van der Waals surface area contributed by atoms with Gasteiger partial charge in [-0.1, -0.05) is 37.3 Å². The number of hydrogen-bond acceptors (Lipinski definition) is 13. The number of amides is 3. The quantitative estimate of drug-likeness (QED) is 0.0616. The molecule has 4 atom stereocenters. The predicted octanol–water partition coefficient (Wildman–Crippen LogP) is 3.18. The summed E-state index contributed by atoms with van der Waals surface area (Å²) >= 11 is 0. The number of hydrogen-bond donors (Lipinski definition) is 9.